The number of allylic oxidation sites excluding steroid dienone is 1. The van der Waals surface area contributed by atoms with E-state index in [4.69, 9.17) is 14.2 Å². The van der Waals surface area contributed by atoms with E-state index in [9.17, 15) is 4.79 Å². The number of hydrogen-bond donors (Lipinski definition) is 1. The summed E-state index contributed by atoms with van der Waals surface area (Å²) in [5, 5.41) is 4.14. The molecule has 0 aliphatic heterocycles. The molecule has 0 radical (unpaired) electrons. The van der Waals surface area contributed by atoms with Gasteiger partial charge in [-0.05, 0) is 41.5 Å². The number of aromatic nitrogens is 1. The minimum absolute atomic E-state index is 0.0484. The Bertz CT molecular complexity index is 1390. The topological polar surface area (TPSA) is 61.7 Å². The van der Waals surface area contributed by atoms with E-state index in [1.54, 1.807) is 33.6 Å². The van der Waals surface area contributed by atoms with Gasteiger partial charge in [0.1, 0.15) is 0 Å². The third-order valence-electron chi connectivity index (χ3n) is 5.69. The summed E-state index contributed by atoms with van der Waals surface area (Å²) in [6, 6.07) is 19.6. The van der Waals surface area contributed by atoms with Crippen molar-refractivity contribution in [3.8, 4) is 17.2 Å². The largest absolute Gasteiger partial charge is 0.493 e. The van der Waals surface area contributed by atoms with E-state index in [1.165, 1.54) is 0 Å². The van der Waals surface area contributed by atoms with Crippen LogP contribution in [0.3, 0.4) is 0 Å². The third-order valence-corrected chi connectivity index (χ3v) is 5.69. The molecule has 0 bridgehead atoms. The van der Waals surface area contributed by atoms with Crippen LogP contribution in [0.1, 0.15) is 21.5 Å². The Morgan fingerprint density at radius 2 is 1.57 bits per heavy atom. The van der Waals surface area contributed by atoms with Gasteiger partial charge in [0.25, 0.3) is 0 Å². The number of benzene rings is 3. The predicted octanol–water partition coefficient (Wildman–Crippen LogP) is 6.18. The van der Waals surface area contributed by atoms with Gasteiger partial charge in [-0.15, -0.1) is 0 Å². The lowest BCUT2D eigenvalue weighted by Crippen LogP contribution is -1.96. The van der Waals surface area contributed by atoms with Crippen molar-refractivity contribution in [3.63, 3.8) is 0 Å². The summed E-state index contributed by atoms with van der Waals surface area (Å²) >= 11 is 0. The van der Waals surface area contributed by atoms with Crippen molar-refractivity contribution in [1.29, 1.82) is 0 Å². The zero-order chi connectivity index (χ0) is 24.8. The lowest BCUT2D eigenvalue weighted by molar-refractivity contribution is 0.104. The summed E-state index contributed by atoms with van der Waals surface area (Å²) in [5.41, 5.74) is 4.50. The Hall–Kier alpha value is -4.45. The number of carbonyl (C=O) groups excluding carboxylic acids is 1. The molecule has 0 saturated carbocycles. The molecule has 1 N–H and O–H groups in total. The third kappa shape index (κ3) is 5.22. The monoisotopic (exact) mass is 468 g/mol. The van der Waals surface area contributed by atoms with Gasteiger partial charge in [-0.1, -0.05) is 42.5 Å². The predicted molar refractivity (Wildman–Crippen MR) is 141 cm³/mol. The summed E-state index contributed by atoms with van der Waals surface area (Å²) in [6.07, 6.45) is 9.07. The average Bonchev–Trinajstić information content (AvgIpc) is 3.23. The van der Waals surface area contributed by atoms with Crippen LogP contribution >= 0.6 is 0 Å². The van der Waals surface area contributed by atoms with Gasteiger partial charge in [0, 0.05) is 47.7 Å². The highest BCUT2D eigenvalue weighted by molar-refractivity contribution is 6.13. The second-order valence-electron chi connectivity index (χ2n) is 7.93. The summed E-state index contributed by atoms with van der Waals surface area (Å²) in [4.78, 5) is 12.8. The van der Waals surface area contributed by atoms with Crippen molar-refractivity contribution < 1.29 is 19.0 Å². The number of hydrogen-bond acceptors (Lipinski definition) is 5. The number of para-hydroxylation sites is 1. The van der Waals surface area contributed by atoms with Crippen LogP contribution in [0.25, 0.3) is 23.1 Å². The molecule has 0 unspecified atom stereocenters. The molecule has 0 fully saturated rings. The molecule has 4 rings (SSSR count). The molecular formula is C29H28N2O4. The SMILES string of the molecule is COc1cc(C=Cc2cccc(NC=CC(=O)c3cn(C)c4ccccc34)c2)cc(OC)c1OC. The molecular weight excluding hydrogens is 440 g/mol. The average molecular weight is 469 g/mol. The Morgan fingerprint density at radius 1 is 0.857 bits per heavy atom. The molecule has 6 nitrogen and oxygen atoms in total. The number of nitrogens with one attached hydrogen (secondary N) is 1. The van der Waals surface area contributed by atoms with Gasteiger partial charge < -0.3 is 24.1 Å². The van der Waals surface area contributed by atoms with Gasteiger partial charge in [-0.2, -0.15) is 0 Å². The lowest BCUT2D eigenvalue weighted by Gasteiger charge is -2.12. The normalized spacial score (nSPS) is 11.3. The highest BCUT2D eigenvalue weighted by Crippen LogP contribution is 2.38. The van der Waals surface area contributed by atoms with Crippen LogP contribution in [0.2, 0.25) is 0 Å². The number of nitrogens with zero attached hydrogens (tertiary/aromatic N) is 1. The minimum atomic E-state index is -0.0484. The molecule has 0 atom stereocenters. The second-order valence-corrected chi connectivity index (χ2v) is 7.93. The Labute approximate surface area is 205 Å². The number of fused-ring (bicyclic) bond motifs is 1. The molecule has 0 saturated heterocycles. The standard InChI is InChI=1S/C29H28N2O4/c1-31-19-24(23-10-5-6-11-25(23)31)26(32)14-15-30-22-9-7-8-20(16-22)12-13-21-17-27(33-2)29(35-4)28(18-21)34-3/h5-19,30H,1-4H3. The van der Waals surface area contributed by atoms with Gasteiger partial charge in [-0.25, -0.2) is 0 Å². The molecule has 0 amide bonds. The Balaban J connectivity index is 1.47. The molecule has 178 valence electrons. The van der Waals surface area contributed by atoms with E-state index in [0.717, 1.165) is 27.7 Å². The van der Waals surface area contributed by atoms with Crippen LogP contribution < -0.4 is 19.5 Å². The molecule has 3 aromatic carbocycles. The maximum atomic E-state index is 12.8. The maximum absolute atomic E-state index is 12.8. The molecule has 4 aromatic rings. The molecule has 6 heteroatoms. The summed E-state index contributed by atoms with van der Waals surface area (Å²) in [6.45, 7) is 0. The minimum Gasteiger partial charge on any atom is -0.493 e. The maximum Gasteiger partial charge on any atom is 0.203 e. The number of ether oxygens (including phenoxy) is 3. The smallest absolute Gasteiger partial charge is 0.203 e. The van der Waals surface area contributed by atoms with Crippen LogP contribution in [0.4, 0.5) is 5.69 Å². The van der Waals surface area contributed by atoms with Gasteiger partial charge in [0.05, 0.1) is 21.3 Å². The fraction of sp³-hybridized carbons (Fsp3) is 0.138. The van der Waals surface area contributed by atoms with Gasteiger partial charge in [-0.3, -0.25) is 4.79 Å². The quantitative estimate of drug-likeness (QED) is 0.180. The number of anilines is 1. The first kappa shape index (κ1) is 23.7. The van der Waals surface area contributed by atoms with Crippen molar-refractivity contribution in [1.82, 2.24) is 4.57 Å². The summed E-state index contributed by atoms with van der Waals surface area (Å²) < 4.78 is 18.2. The number of rotatable bonds is 9. The fourth-order valence-corrected chi connectivity index (χ4v) is 3.96. The first-order valence-corrected chi connectivity index (χ1v) is 11.1. The van der Waals surface area contributed by atoms with Crippen LogP contribution in [-0.2, 0) is 7.05 Å². The van der Waals surface area contributed by atoms with Crippen molar-refractivity contribution in [2.75, 3.05) is 26.6 Å². The van der Waals surface area contributed by atoms with Gasteiger partial charge in [0.2, 0.25) is 5.75 Å². The van der Waals surface area contributed by atoms with Crippen LogP contribution in [0.15, 0.2) is 79.1 Å². The summed E-state index contributed by atoms with van der Waals surface area (Å²) in [7, 11) is 6.72. The fourth-order valence-electron chi connectivity index (χ4n) is 3.96. The number of ketones is 1. The molecule has 0 aliphatic rings. The highest BCUT2D eigenvalue weighted by Gasteiger charge is 2.12. The molecule has 0 spiro atoms. The molecule has 1 aromatic heterocycles. The molecule has 35 heavy (non-hydrogen) atoms. The van der Waals surface area contributed by atoms with Crippen molar-refractivity contribution in [2.24, 2.45) is 7.05 Å². The van der Waals surface area contributed by atoms with E-state index >= 15 is 0 Å². The van der Waals surface area contributed by atoms with Crippen LogP contribution in [0, 0.1) is 0 Å². The highest BCUT2D eigenvalue weighted by atomic mass is 16.5. The van der Waals surface area contributed by atoms with Crippen molar-refractivity contribution >= 4 is 34.5 Å². The van der Waals surface area contributed by atoms with E-state index in [2.05, 4.69) is 5.32 Å². The van der Waals surface area contributed by atoms with Gasteiger partial charge in [0.15, 0.2) is 17.3 Å². The Kier molecular flexibility index (Phi) is 7.21. The number of methoxy groups -OCH3 is 3. The molecule has 1 heterocycles. The van der Waals surface area contributed by atoms with Crippen molar-refractivity contribution in [2.45, 2.75) is 0 Å². The van der Waals surface area contributed by atoms with Crippen LogP contribution in [0.5, 0.6) is 17.2 Å². The van der Waals surface area contributed by atoms with Crippen LogP contribution in [-0.4, -0.2) is 31.7 Å². The first-order chi connectivity index (χ1) is 17.0. The van der Waals surface area contributed by atoms with E-state index in [1.807, 2.05) is 90.6 Å². The Morgan fingerprint density at radius 3 is 2.29 bits per heavy atom. The van der Waals surface area contributed by atoms with E-state index in [0.29, 0.717) is 22.8 Å². The van der Waals surface area contributed by atoms with Crippen molar-refractivity contribution in [3.05, 3.63) is 95.8 Å². The zero-order valence-electron chi connectivity index (χ0n) is 20.2. The molecule has 0 aliphatic carbocycles. The van der Waals surface area contributed by atoms with E-state index < -0.39 is 0 Å². The number of carbonyl (C=O) groups is 1. The summed E-state index contributed by atoms with van der Waals surface area (Å²) in [5.74, 6) is 1.71. The first-order valence-electron chi connectivity index (χ1n) is 11.1. The number of aryl methyl sites for hydroxylation is 1. The second kappa shape index (κ2) is 10.7. The van der Waals surface area contributed by atoms with Gasteiger partial charge >= 0.3 is 0 Å². The van der Waals surface area contributed by atoms with E-state index in [-0.39, 0.29) is 5.78 Å². The zero-order valence-corrected chi connectivity index (χ0v) is 20.2. The lowest BCUT2D eigenvalue weighted by atomic mass is 10.1.